The molecule has 4 saturated carbocycles. The van der Waals surface area contributed by atoms with Gasteiger partial charge in [-0.1, -0.05) is 0 Å². The monoisotopic (exact) mass is 361 g/mol. The minimum atomic E-state index is -0.582. The minimum absolute atomic E-state index is 0.0707. The minimum Gasteiger partial charge on any atom is -0.390 e. The van der Waals surface area contributed by atoms with Gasteiger partial charge in [0.2, 0.25) is 11.8 Å². The van der Waals surface area contributed by atoms with Crippen molar-refractivity contribution in [3.8, 4) is 0 Å². The number of fused-ring (bicyclic) bond motifs is 1. The fraction of sp³-hybridized carbons (Fsp3) is 0.842. The smallest absolute Gasteiger partial charge is 0.252 e. The molecule has 2 saturated heterocycles. The van der Waals surface area contributed by atoms with Gasteiger partial charge in [-0.05, 0) is 63.2 Å². The zero-order valence-corrected chi connectivity index (χ0v) is 15.1. The molecule has 0 aromatic rings. The summed E-state index contributed by atoms with van der Waals surface area (Å²) in [6, 6.07) is -0.444. The summed E-state index contributed by atoms with van der Waals surface area (Å²) in [5.41, 5.74) is -0.766. The maximum atomic E-state index is 12.7. The first-order valence-corrected chi connectivity index (χ1v) is 9.98. The van der Waals surface area contributed by atoms with E-state index < -0.39 is 11.6 Å². The molecular formula is C19H27N3O4. The maximum Gasteiger partial charge on any atom is 0.252 e. The van der Waals surface area contributed by atoms with Gasteiger partial charge in [-0.2, -0.15) is 0 Å². The number of nitrogens with one attached hydrogen (secondary N) is 1. The highest BCUT2D eigenvalue weighted by molar-refractivity contribution is 6.05. The van der Waals surface area contributed by atoms with Gasteiger partial charge >= 0.3 is 0 Å². The van der Waals surface area contributed by atoms with Crippen molar-refractivity contribution in [3.05, 3.63) is 0 Å². The lowest BCUT2D eigenvalue weighted by molar-refractivity contribution is -0.161. The van der Waals surface area contributed by atoms with E-state index in [1.807, 2.05) is 0 Å². The Morgan fingerprint density at radius 2 is 1.92 bits per heavy atom. The summed E-state index contributed by atoms with van der Waals surface area (Å²) in [5.74, 6) is 0.420. The van der Waals surface area contributed by atoms with Gasteiger partial charge in [-0.15, -0.1) is 0 Å². The molecule has 142 valence electrons. The van der Waals surface area contributed by atoms with Crippen molar-refractivity contribution in [1.29, 1.82) is 0 Å². The molecule has 3 amide bonds. The molecule has 4 bridgehead atoms. The predicted octanol–water partition coefficient (Wildman–Crippen LogP) is 0.0195. The maximum absolute atomic E-state index is 12.7. The summed E-state index contributed by atoms with van der Waals surface area (Å²) in [6.45, 7) is 0.569. The van der Waals surface area contributed by atoms with Crippen LogP contribution in [0.2, 0.25) is 0 Å². The third-order valence-corrected chi connectivity index (χ3v) is 7.36. The average molecular weight is 361 g/mol. The first-order valence-electron chi connectivity index (χ1n) is 9.98. The first kappa shape index (κ1) is 16.7. The standard InChI is InChI=1S/C19H27N3O4/c23-15(22-10-16(24)21-3-1-2-14(21)17(22)25)9-20-18-5-12-4-13(6-18)8-19(26,7-12)11-18/h12-14,20,26H,1-11H2/t12-,13+,14?,18?,19?. The number of piperazine rings is 1. The zero-order valence-electron chi connectivity index (χ0n) is 15.1. The molecule has 0 aromatic carbocycles. The topological polar surface area (TPSA) is 89.9 Å². The summed E-state index contributed by atoms with van der Waals surface area (Å²) in [7, 11) is 0. The number of hydrogen-bond acceptors (Lipinski definition) is 5. The largest absolute Gasteiger partial charge is 0.390 e. The molecule has 4 aliphatic carbocycles. The fourth-order valence-electron chi connectivity index (χ4n) is 6.80. The molecule has 0 aromatic heterocycles. The van der Waals surface area contributed by atoms with Crippen molar-refractivity contribution in [2.45, 2.75) is 68.5 Å². The van der Waals surface area contributed by atoms with Gasteiger partial charge < -0.3 is 15.3 Å². The van der Waals surface area contributed by atoms with Gasteiger partial charge in [0.05, 0.1) is 12.1 Å². The Balaban J connectivity index is 1.26. The lowest BCUT2D eigenvalue weighted by Gasteiger charge is -2.60. The van der Waals surface area contributed by atoms with E-state index in [2.05, 4.69) is 5.32 Å². The van der Waals surface area contributed by atoms with Crippen LogP contribution in [0.5, 0.6) is 0 Å². The van der Waals surface area contributed by atoms with E-state index in [-0.39, 0.29) is 36.3 Å². The Labute approximate surface area is 153 Å². The first-order chi connectivity index (χ1) is 12.4. The molecule has 26 heavy (non-hydrogen) atoms. The van der Waals surface area contributed by atoms with Gasteiger partial charge in [0.15, 0.2) is 0 Å². The summed E-state index contributed by atoms with van der Waals surface area (Å²) in [4.78, 5) is 40.3. The van der Waals surface area contributed by atoms with Crippen molar-refractivity contribution in [2.24, 2.45) is 11.8 Å². The second-order valence-corrected chi connectivity index (χ2v) is 9.38. The second kappa shape index (κ2) is 5.52. The van der Waals surface area contributed by atoms with Crippen LogP contribution in [-0.2, 0) is 14.4 Å². The average Bonchev–Trinajstić information content (AvgIpc) is 3.04. The third kappa shape index (κ3) is 2.51. The number of carbonyl (C=O) groups excluding carboxylic acids is 3. The predicted molar refractivity (Wildman–Crippen MR) is 91.8 cm³/mol. The van der Waals surface area contributed by atoms with E-state index in [1.165, 1.54) is 6.42 Å². The molecule has 2 aliphatic heterocycles. The van der Waals surface area contributed by atoms with E-state index in [1.54, 1.807) is 4.90 Å². The van der Waals surface area contributed by atoms with Crippen LogP contribution >= 0.6 is 0 Å². The molecule has 6 aliphatic rings. The molecule has 3 unspecified atom stereocenters. The fourth-order valence-corrected chi connectivity index (χ4v) is 6.80. The van der Waals surface area contributed by atoms with Crippen molar-refractivity contribution >= 4 is 17.7 Å². The van der Waals surface area contributed by atoms with Gasteiger partial charge in [-0.25, -0.2) is 0 Å². The van der Waals surface area contributed by atoms with Crippen LogP contribution in [-0.4, -0.2) is 69.4 Å². The number of rotatable bonds is 3. The van der Waals surface area contributed by atoms with Gasteiger partial charge in [-0.3, -0.25) is 19.3 Å². The normalized spacial score (nSPS) is 44.0. The molecule has 0 radical (unpaired) electrons. The van der Waals surface area contributed by atoms with Crippen LogP contribution in [0, 0.1) is 11.8 Å². The van der Waals surface area contributed by atoms with Crippen LogP contribution < -0.4 is 5.32 Å². The molecule has 6 rings (SSSR count). The second-order valence-electron chi connectivity index (χ2n) is 9.38. The summed E-state index contributed by atoms with van der Waals surface area (Å²) in [5, 5.41) is 14.2. The molecule has 2 N–H and O–H groups in total. The van der Waals surface area contributed by atoms with E-state index >= 15 is 0 Å². The van der Waals surface area contributed by atoms with E-state index in [0.717, 1.165) is 37.0 Å². The van der Waals surface area contributed by atoms with Gasteiger partial charge in [0.1, 0.15) is 12.6 Å². The van der Waals surface area contributed by atoms with Crippen molar-refractivity contribution in [1.82, 2.24) is 15.1 Å². The van der Waals surface area contributed by atoms with E-state index in [0.29, 0.717) is 31.2 Å². The quantitative estimate of drug-likeness (QED) is 0.740. The van der Waals surface area contributed by atoms with Crippen LogP contribution in [0.15, 0.2) is 0 Å². The Kier molecular flexibility index (Phi) is 3.54. The number of hydrogen-bond donors (Lipinski definition) is 2. The van der Waals surface area contributed by atoms with Crippen LogP contribution in [0.4, 0.5) is 0 Å². The Morgan fingerprint density at radius 1 is 1.19 bits per heavy atom. The Hall–Kier alpha value is -1.47. The van der Waals surface area contributed by atoms with Crippen molar-refractivity contribution < 1.29 is 19.5 Å². The molecule has 7 heteroatoms. The lowest BCUT2D eigenvalue weighted by atomic mass is 9.51. The van der Waals surface area contributed by atoms with E-state index in [9.17, 15) is 19.5 Å². The van der Waals surface area contributed by atoms with Crippen LogP contribution in [0.3, 0.4) is 0 Å². The lowest BCUT2D eigenvalue weighted by Crippen LogP contribution is -2.66. The number of imide groups is 1. The van der Waals surface area contributed by atoms with E-state index in [4.69, 9.17) is 0 Å². The summed E-state index contributed by atoms with van der Waals surface area (Å²) in [6.07, 6.45) is 7.15. The number of amides is 3. The highest BCUT2D eigenvalue weighted by Crippen LogP contribution is 2.57. The van der Waals surface area contributed by atoms with Crippen LogP contribution in [0.25, 0.3) is 0 Å². The van der Waals surface area contributed by atoms with Crippen LogP contribution in [0.1, 0.15) is 51.4 Å². The summed E-state index contributed by atoms with van der Waals surface area (Å²) >= 11 is 0. The van der Waals surface area contributed by atoms with Gasteiger partial charge in [0, 0.05) is 12.1 Å². The third-order valence-electron chi connectivity index (χ3n) is 7.36. The molecule has 5 atom stereocenters. The summed E-state index contributed by atoms with van der Waals surface area (Å²) < 4.78 is 0. The number of nitrogens with zero attached hydrogens (tertiary/aromatic N) is 2. The zero-order chi connectivity index (χ0) is 18.1. The molecule has 7 nitrogen and oxygen atoms in total. The van der Waals surface area contributed by atoms with Gasteiger partial charge in [0.25, 0.3) is 5.91 Å². The van der Waals surface area contributed by atoms with Crippen molar-refractivity contribution in [3.63, 3.8) is 0 Å². The molecule has 6 fully saturated rings. The highest BCUT2D eigenvalue weighted by Gasteiger charge is 2.57. The number of aliphatic hydroxyl groups is 1. The van der Waals surface area contributed by atoms with Crippen molar-refractivity contribution in [2.75, 3.05) is 19.6 Å². The number of carbonyl (C=O) groups is 3. The molecule has 0 spiro atoms. The molecular weight excluding hydrogens is 334 g/mol. The Morgan fingerprint density at radius 3 is 2.62 bits per heavy atom. The Bertz CT molecular complexity index is 664. The highest BCUT2D eigenvalue weighted by atomic mass is 16.3. The SMILES string of the molecule is O=C(CNC12C[C@@H]3C[C@@H](CC(O)(C3)C1)C2)N1CC(=O)N2CCCC2C1=O. The molecule has 2 heterocycles.